The second kappa shape index (κ2) is 5.47. The number of fused-ring (bicyclic) bond motifs is 1. The Morgan fingerprint density at radius 3 is 2.71 bits per heavy atom. The van der Waals surface area contributed by atoms with Crippen LogP contribution >= 0.6 is 0 Å². The molecule has 0 aromatic heterocycles. The van der Waals surface area contributed by atoms with Gasteiger partial charge in [0.25, 0.3) is 0 Å². The number of hydrogen-bond acceptors (Lipinski definition) is 4. The van der Waals surface area contributed by atoms with Crippen LogP contribution in [0.2, 0.25) is 0 Å². The largest absolute Gasteiger partial charge is 0.507 e. The van der Waals surface area contributed by atoms with Crippen LogP contribution in [0.3, 0.4) is 0 Å². The summed E-state index contributed by atoms with van der Waals surface area (Å²) in [6.07, 6.45) is 1.77. The molecule has 0 bridgehead atoms. The van der Waals surface area contributed by atoms with Gasteiger partial charge in [-0.1, -0.05) is 12.1 Å². The monoisotopic (exact) mass is 280 g/mol. The second-order valence-electron chi connectivity index (χ2n) is 5.18. The van der Waals surface area contributed by atoms with Gasteiger partial charge in [0.1, 0.15) is 17.6 Å². The number of rotatable bonds is 2. The number of nitrogens with two attached hydrogens (primary N) is 1. The van der Waals surface area contributed by atoms with Crippen molar-refractivity contribution in [1.82, 2.24) is 0 Å². The van der Waals surface area contributed by atoms with Crippen LogP contribution in [-0.4, -0.2) is 17.8 Å². The molecule has 0 radical (unpaired) electrons. The van der Waals surface area contributed by atoms with Crippen LogP contribution in [0.15, 0.2) is 36.4 Å². The summed E-state index contributed by atoms with van der Waals surface area (Å²) in [4.78, 5) is 0. The summed E-state index contributed by atoms with van der Waals surface area (Å²) in [6, 6.07) is 12.8. The van der Waals surface area contributed by atoms with Crippen LogP contribution in [0, 0.1) is 11.3 Å². The third kappa shape index (κ3) is 2.56. The molecule has 0 spiro atoms. The van der Waals surface area contributed by atoms with Crippen molar-refractivity contribution in [3.8, 4) is 28.7 Å². The zero-order valence-electron chi connectivity index (χ0n) is 11.5. The topological polar surface area (TPSA) is 79.3 Å². The van der Waals surface area contributed by atoms with Crippen LogP contribution in [0.1, 0.15) is 17.5 Å². The Hall–Kier alpha value is -2.51. The Morgan fingerprint density at radius 1 is 1.29 bits per heavy atom. The Balaban J connectivity index is 2.01. The summed E-state index contributed by atoms with van der Waals surface area (Å²) < 4.78 is 5.85. The number of nitrogens with zero attached hydrogens (tertiary/aromatic N) is 1. The summed E-state index contributed by atoms with van der Waals surface area (Å²) in [5.74, 6) is 1.02. The molecule has 2 aromatic carbocycles. The van der Waals surface area contributed by atoms with E-state index in [1.807, 2.05) is 18.2 Å². The number of phenolic OH excluding ortho intramolecular Hbond substituents is 1. The smallest absolute Gasteiger partial charge is 0.123 e. The standard InChI is InChI=1S/C17H16N2O2/c18-9-11-1-3-12(4-2-11)15-8-17-13(7-16(15)20)5-6-14(10-19)21-17/h1-4,7-8,14,20H,5-6,10,19H2. The number of ether oxygens (including phenoxy) is 1. The minimum Gasteiger partial charge on any atom is -0.507 e. The molecule has 0 saturated carbocycles. The van der Waals surface area contributed by atoms with E-state index in [2.05, 4.69) is 6.07 Å². The van der Waals surface area contributed by atoms with E-state index in [9.17, 15) is 5.11 Å². The molecule has 0 saturated heterocycles. The molecule has 1 atom stereocenters. The molecule has 1 unspecified atom stereocenters. The fourth-order valence-electron chi connectivity index (χ4n) is 2.59. The van der Waals surface area contributed by atoms with E-state index in [1.54, 1.807) is 18.2 Å². The average Bonchev–Trinajstić information content (AvgIpc) is 2.54. The molecule has 0 amide bonds. The van der Waals surface area contributed by atoms with Gasteiger partial charge in [-0.2, -0.15) is 5.26 Å². The zero-order chi connectivity index (χ0) is 14.8. The van der Waals surface area contributed by atoms with Crippen LogP contribution in [-0.2, 0) is 6.42 Å². The maximum absolute atomic E-state index is 10.2. The van der Waals surface area contributed by atoms with Crippen molar-refractivity contribution in [2.75, 3.05) is 6.54 Å². The predicted molar refractivity (Wildman–Crippen MR) is 80.0 cm³/mol. The summed E-state index contributed by atoms with van der Waals surface area (Å²) in [5, 5.41) is 19.1. The zero-order valence-corrected chi connectivity index (χ0v) is 11.5. The van der Waals surface area contributed by atoms with Crippen molar-refractivity contribution < 1.29 is 9.84 Å². The van der Waals surface area contributed by atoms with Crippen molar-refractivity contribution in [3.63, 3.8) is 0 Å². The fourth-order valence-corrected chi connectivity index (χ4v) is 2.59. The molecule has 1 aliphatic rings. The molecular weight excluding hydrogens is 264 g/mol. The van der Waals surface area contributed by atoms with Crippen LogP contribution < -0.4 is 10.5 Å². The highest BCUT2D eigenvalue weighted by atomic mass is 16.5. The minimum absolute atomic E-state index is 0.0378. The molecule has 1 aliphatic heterocycles. The lowest BCUT2D eigenvalue weighted by atomic mass is 9.96. The highest BCUT2D eigenvalue weighted by Gasteiger charge is 2.21. The molecule has 106 valence electrons. The van der Waals surface area contributed by atoms with Gasteiger partial charge in [0.2, 0.25) is 0 Å². The van der Waals surface area contributed by atoms with Gasteiger partial charge in [-0.25, -0.2) is 0 Å². The molecule has 3 N–H and O–H groups in total. The van der Waals surface area contributed by atoms with Gasteiger partial charge in [-0.05, 0) is 48.2 Å². The minimum atomic E-state index is 0.0378. The molecule has 4 heteroatoms. The molecular formula is C17H16N2O2. The molecule has 3 rings (SSSR count). The van der Waals surface area contributed by atoms with Crippen molar-refractivity contribution in [3.05, 3.63) is 47.5 Å². The Morgan fingerprint density at radius 2 is 2.05 bits per heavy atom. The van der Waals surface area contributed by atoms with Crippen molar-refractivity contribution in [2.45, 2.75) is 18.9 Å². The van der Waals surface area contributed by atoms with E-state index < -0.39 is 0 Å². The first kappa shape index (κ1) is 13.5. The normalized spacial score (nSPS) is 16.7. The maximum Gasteiger partial charge on any atom is 0.123 e. The van der Waals surface area contributed by atoms with Crippen molar-refractivity contribution in [2.24, 2.45) is 5.73 Å². The van der Waals surface area contributed by atoms with Gasteiger partial charge in [-0.3, -0.25) is 0 Å². The quantitative estimate of drug-likeness (QED) is 0.886. The Labute approximate surface area is 123 Å². The summed E-state index contributed by atoms with van der Waals surface area (Å²) in [7, 11) is 0. The SMILES string of the molecule is N#Cc1ccc(-c2cc3c(cc2O)CCC(CN)O3)cc1. The Bertz CT molecular complexity index is 702. The number of nitriles is 1. The lowest BCUT2D eigenvalue weighted by Crippen LogP contribution is -2.30. The molecule has 2 aromatic rings. The van der Waals surface area contributed by atoms with Gasteiger partial charge in [0.05, 0.1) is 11.6 Å². The first-order valence-electron chi connectivity index (χ1n) is 6.94. The molecule has 4 nitrogen and oxygen atoms in total. The van der Waals surface area contributed by atoms with E-state index in [-0.39, 0.29) is 11.9 Å². The van der Waals surface area contributed by atoms with Crippen LogP contribution in [0.4, 0.5) is 0 Å². The maximum atomic E-state index is 10.2. The van der Waals surface area contributed by atoms with E-state index >= 15 is 0 Å². The predicted octanol–water partition coefficient (Wildman–Crippen LogP) is 2.58. The van der Waals surface area contributed by atoms with Gasteiger partial charge >= 0.3 is 0 Å². The second-order valence-corrected chi connectivity index (χ2v) is 5.18. The van der Waals surface area contributed by atoms with Crippen LogP contribution in [0.25, 0.3) is 11.1 Å². The number of benzene rings is 2. The molecule has 1 heterocycles. The van der Waals surface area contributed by atoms with Crippen molar-refractivity contribution >= 4 is 0 Å². The number of aryl methyl sites for hydroxylation is 1. The van der Waals surface area contributed by atoms with Gasteiger partial charge in [-0.15, -0.1) is 0 Å². The lowest BCUT2D eigenvalue weighted by molar-refractivity contribution is 0.181. The first-order valence-corrected chi connectivity index (χ1v) is 6.94. The number of phenols is 1. The highest BCUT2D eigenvalue weighted by molar-refractivity contribution is 5.73. The van der Waals surface area contributed by atoms with E-state index in [0.29, 0.717) is 17.7 Å². The number of aromatic hydroxyl groups is 1. The number of hydrogen-bond donors (Lipinski definition) is 2. The fraction of sp³-hybridized carbons (Fsp3) is 0.235. The molecule has 21 heavy (non-hydrogen) atoms. The van der Waals surface area contributed by atoms with E-state index in [1.165, 1.54) is 0 Å². The van der Waals surface area contributed by atoms with Gasteiger partial charge in [0.15, 0.2) is 0 Å². The van der Waals surface area contributed by atoms with Crippen molar-refractivity contribution in [1.29, 1.82) is 5.26 Å². The molecule has 0 aliphatic carbocycles. The van der Waals surface area contributed by atoms with E-state index in [0.717, 1.165) is 29.7 Å². The lowest BCUT2D eigenvalue weighted by Gasteiger charge is -2.26. The van der Waals surface area contributed by atoms with E-state index in [4.69, 9.17) is 15.7 Å². The van der Waals surface area contributed by atoms with Gasteiger partial charge in [0, 0.05) is 12.1 Å². The third-order valence-corrected chi connectivity index (χ3v) is 3.80. The summed E-state index contributed by atoms with van der Waals surface area (Å²) in [6.45, 7) is 0.493. The Kier molecular flexibility index (Phi) is 3.51. The van der Waals surface area contributed by atoms with Gasteiger partial charge < -0.3 is 15.6 Å². The third-order valence-electron chi connectivity index (χ3n) is 3.80. The highest BCUT2D eigenvalue weighted by Crippen LogP contribution is 2.38. The average molecular weight is 280 g/mol. The first-order chi connectivity index (χ1) is 10.2. The summed E-state index contributed by atoms with van der Waals surface area (Å²) in [5.41, 5.74) is 8.83. The summed E-state index contributed by atoms with van der Waals surface area (Å²) >= 11 is 0. The molecule has 0 fully saturated rings. The van der Waals surface area contributed by atoms with Crippen LogP contribution in [0.5, 0.6) is 11.5 Å².